The van der Waals surface area contributed by atoms with Gasteiger partial charge in [0.1, 0.15) is 12.4 Å². The summed E-state index contributed by atoms with van der Waals surface area (Å²) in [7, 11) is 0. The van der Waals surface area contributed by atoms with Gasteiger partial charge in [-0.25, -0.2) is 4.39 Å². The molecule has 1 aliphatic heterocycles. The second-order valence-corrected chi connectivity index (χ2v) is 8.35. The van der Waals surface area contributed by atoms with Gasteiger partial charge >= 0.3 is 0 Å². The van der Waals surface area contributed by atoms with Crippen molar-refractivity contribution in [2.24, 2.45) is 0 Å². The monoisotopic (exact) mass is 497 g/mol. The molecule has 0 unspecified atom stereocenters. The summed E-state index contributed by atoms with van der Waals surface area (Å²) in [5.41, 5.74) is 1.69. The highest BCUT2D eigenvalue weighted by atomic mass is 35.5. The molecule has 182 valence electrons. The van der Waals surface area contributed by atoms with Crippen molar-refractivity contribution in [2.45, 2.75) is 13.5 Å². The third-order valence-electron chi connectivity index (χ3n) is 5.65. The molecule has 2 amide bonds. The van der Waals surface area contributed by atoms with Crippen LogP contribution in [0.1, 0.15) is 33.2 Å². The van der Waals surface area contributed by atoms with Crippen molar-refractivity contribution >= 4 is 23.4 Å². The van der Waals surface area contributed by atoms with Gasteiger partial charge in [0.2, 0.25) is 0 Å². The Morgan fingerprint density at radius 1 is 0.914 bits per heavy atom. The predicted molar refractivity (Wildman–Crippen MR) is 129 cm³/mol. The molecule has 1 saturated heterocycles. The maximum Gasteiger partial charge on any atom is 0.255 e. The summed E-state index contributed by atoms with van der Waals surface area (Å²) >= 11 is 6.04. The zero-order chi connectivity index (χ0) is 24.8. The van der Waals surface area contributed by atoms with E-state index in [0.717, 1.165) is 11.6 Å². The van der Waals surface area contributed by atoms with E-state index in [1.54, 1.807) is 40.4 Å². The summed E-state index contributed by atoms with van der Waals surface area (Å²) in [5, 5.41) is 0.0724. The molecule has 1 aromatic heterocycles. The van der Waals surface area contributed by atoms with Crippen LogP contribution in [0.25, 0.3) is 0 Å². The van der Waals surface area contributed by atoms with Crippen LogP contribution in [0.3, 0.4) is 0 Å². The first-order valence-electron chi connectivity index (χ1n) is 11.3. The summed E-state index contributed by atoms with van der Waals surface area (Å²) in [5.74, 6) is 0.108. The molecule has 9 heteroatoms. The van der Waals surface area contributed by atoms with Crippen LogP contribution < -0.4 is 9.47 Å². The summed E-state index contributed by atoms with van der Waals surface area (Å²) in [4.78, 5) is 33.2. The number of ether oxygens (including phenoxy) is 2. The topological polar surface area (TPSA) is 72.0 Å². The number of pyridine rings is 1. The molecular formula is C26H25ClFN3O4. The molecule has 0 spiro atoms. The SMILES string of the molecule is CCOc1cc(C(=O)N2CCN(C(=O)c3ccc(F)cc3Cl)CC2)ccc1OCc1ccncc1. The lowest BCUT2D eigenvalue weighted by Gasteiger charge is -2.35. The Morgan fingerprint density at radius 2 is 1.60 bits per heavy atom. The zero-order valence-corrected chi connectivity index (χ0v) is 20.0. The Hall–Kier alpha value is -3.65. The van der Waals surface area contributed by atoms with Gasteiger partial charge in [0, 0.05) is 44.1 Å². The lowest BCUT2D eigenvalue weighted by Crippen LogP contribution is -2.50. The summed E-state index contributed by atoms with van der Waals surface area (Å²) in [6.45, 7) is 4.08. The molecular weight excluding hydrogens is 473 g/mol. The van der Waals surface area contributed by atoms with Gasteiger partial charge < -0.3 is 19.3 Å². The quantitative estimate of drug-likeness (QED) is 0.482. The van der Waals surface area contributed by atoms with Crippen molar-refractivity contribution in [2.75, 3.05) is 32.8 Å². The molecule has 0 saturated carbocycles. The van der Waals surface area contributed by atoms with E-state index < -0.39 is 5.82 Å². The average Bonchev–Trinajstić information content (AvgIpc) is 2.88. The van der Waals surface area contributed by atoms with Gasteiger partial charge in [0.15, 0.2) is 11.5 Å². The molecule has 0 bridgehead atoms. The van der Waals surface area contributed by atoms with Crippen molar-refractivity contribution < 1.29 is 23.5 Å². The highest BCUT2D eigenvalue weighted by Crippen LogP contribution is 2.30. The molecule has 0 aliphatic carbocycles. The van der Waals surface area contributed by atoms with Crippen LogP contribution in [0, 0.1) is 5.82 Å². The minimum absolute atomic E-state index is 0.0724. The van der Waals surface area contributed by atoms with Gasteiger partial charge in [-0.3, -0.25) is 14.6 Å². The molecule has 35 heavy (non-hydrogen) atoms. The number of carbonyl (C=O) groups excluding carboxylic acids is 2. The normalized spacial score (nSPS) is 13.5. The molecule has 0 atom stereocenters. The molecule has 0 N–H and O–H groups in total. The maximum absolute atomic E-state index is 13.3. The Kier molecular flexibility index (Phi) is 7.82. The van der Waals surface area contributed by atoms with Crippen molar-refractivity contribution in [1.82, 2.24) is 14.8 Å². The number of benzene rings is 2. The zero-order valence-electron chi connectivity index (χ0n) is 19.2. The van der Waals surface area contributed by atoms with E-state index in [4.69, 9.17) is 21.1 Å². The lowest BCUT2D eigenvalue weighted by atomic mass is 10.1. The molecule has 4 rings (SSSR count). The molecule has 1 aliphatic rings. The van der Waals surface area contributed by atoms with E-state index in [2.05, 4.69) is 4.98 Å². The van der Waals surface area contributed by atoms with Crippen molar-refractivity contribution in [3.8, 4) is 11.5 Å². The fourth-order valence-electron chi connectivity index (χ4n) is 3.80. The van der Waals surface area contributed by atoms with Gasteiger partial charge in [-0.05, 0) is 61.0 Å². The second kappa shape index (κ2) is 11.2. The van der Waals surface area contributed by atoms with E-state index in [-0.39, 0.29) is 22.4 Å². The van der Waals surface area contributed by atoms with Gasteiger partial charge in [-0.2, -0.15) is 0 Å². The third-order valence-corrected chi connectivity index (χ3v) is 5.96. The highest BCUT2D eigenvalue weighted by Gasteiger charge is 2.27. The summed E-state index contributed by atoms with van der Waals surface area (Å²) < 4.78 is 24.9. The number of piperazine rings is 1. The van der Waals surface area contributed by atoms with Crippen LogP contribution >= 0.6 is 11.6 Å². The number of nitrogens with zero attached hydrogens (tertiary/aromatic N) is 3. The number of halogens is 2. The fraction of sp³-hybridized carbons (Fsp3) is 0.269. The molecule has 7 nitrogen and oxygen atoms in total. The maximum atomic E-state index is 13.3. The first-order chi connectivity index (χ1) is 17.0. The van der Waals surface area contributed by atoms with E-state index in [1.807, 2.05) is 19.1 Å². The fourth-order valence-corrected chi connectivity index (χ4v) is 4.05. The van der Waals surface area contributed by atoms with Crippen molar-refractivity contribution in [3.63, 3.8) is 0 Å². The number of rotatable bonds is 7. The Labute approximate surface area is 208 Å². The van der Waals surface area contributed by atoms with Crippen LogP contribution in [0.2, 0.25) is 5.02 Å². The van der Waals surface area contributed by atoms with Crippen LogP contribution in [-0.2, 0) is 6.61 Å². The van der Waals surface area contributed by atoms with Gasteiger partial charge in [-0.15, -0.1) is 0 Å². The van der Waals surface area contributed by atoms with Crippen LogP contribution in [-0.4, -0.2) is 59.4 Å². The molecule has 0 radical (unpaired) electrons. The Bertz CT molecular complexity index is 1200. The summed E-state index contributed by atoms with van der Waals surface area (Å²) in [6, 6.07) is 12.6. The van der Waals surface area contributed by atoms with E-state index >= 15 is 0 Å². The van der Waals surface area contributed by atoms with Crippen LogP contribution in [0.15, 0.2) is 60.9 Å². The highest BCUT2D eigenvalue weighted by molar-refractivity contribution is 6.33. The number of amides is 2. The van der Waals surface area contributed by atoms with E-state index in [1.165, 1.54) is 12.1 Å². The Morgan fingerprint density at radius 3 is 2.26 bits per heavy atom. The summed E-state index contributed by atoms with van der Waals surface area (Å²) in [6.07, 6.45) is 3.40. The molecule has 1 fully saturated rings. The Balaban J connectivity index is 1.40. The van der Waals surface area contributed by atoms with Crippen molar-refractivity contribution in [3.05, 3.63) is 88.5 Å². The second-order valence-electron chi connectivity index (χ2n) is 7.95. The first-order valence-corrected chi connectivity index (χ1v) is 11.7. The van der Waals surface area contributed by atoms with E-state index in [0.29, 0.717) is 56.5 Å². The number of carbonyl (C=O) groups is 2. The third kappa shape index (κ3) is 5.89. The minimum Gasteiger partial charge on any atom is -0.490 e. The van der Waals surface area contributed by atoms with Crippen LogP contribution in [0.5, 0.6) is 11.5 Å². The predicted octanol–water partition coefficient (Wildman–Crippen LogP) is 4.45. The average molecular weight is 498 g/mol. The number of hydrogen-bond donors (Lipinski definition) is 0. The molecule has 2 heterocycles. The van der Waals surface area contributed by atoms with Gasteiger partial charge in [-0.1, -0.05) is 11.6 Å². The number of hydrogen-bond acceptors (Lipinski definition) is 5. The largest absolute Gasteiger partial charge is 0.490 e. The molecule has 2 aromatic carbocycles. The first kappa shape index (κ1) is 24.5. The lowest BCUT2D eigenvalue weighted by molar-refractivity contribution is 0.0535. The van der Waals surface area contributed by atoms with E-state index in [9.17, 15) is 14.0 Å². The standard InChI is InChI=1S/C26H25ClFN3O4/c1-2-34-24-15-19(3-6-23(24)35-17-18-7-9-29-10-8-18)25(32)30-11-13-31(14-12-30)26(33)21-5-4-20(28)16-22(21)27/h3-10,15-16H,2,11-14,17H2,1H3. The van der Waals surface area contributed by atoms with Gasteiger partial charge in [0.05, 0.1) is 17.2 Å². The van der Waals surface area contributed by atoms with Crippen LogP contribution in [0.4, 0.5) is 4.39 Å². The number of aromatic nitrogens is 1. The van der Waals surface area contributed by atoms with Crippen molar-refractivity contribution in [1.29, 1.82) is 0 Å². The smallest absolute Gasteiger partial charge is 0.255 e. The minimum atomic E-state index is -0.498. The molecule has 3 aromatic rings. The van der Waals surface area contributed by atoms with Gasteiger partial charge in [0.25, 0.3) is 11.8 Å².